The highest BCUT2D eigenvalue weighted by Gasteiger charge is 2.66. The van der Waals surface area contributed by atoms with E-state index >= 15 is 4.39 Å². The Morgan fingerprint density at radius 1 is 1.00 bits per heavy atom. The van der Waals surface area contributed by atoms with Crippen molar-refractivity contribution in [2.24, 2.45) is 5.92 Å². The minimum Gasteiger partial charge on any atom is -0.454 e. The first-order valence-corrected chi connectivity index (χ1v) is 18.3. The Hall–Kier alpha value is -4.08. The summed E-state index contributed by atoms with van der Waals surface area (Å²) in [4.78, 5) is 76.4. The smallest absolute Gasteiger partial charge is 0.454 e. The first kappa shape index (κ1) is 46.1. The molecule has 1 fully saturated rings. The third-order valence-electron chi connectivity index (χ3n) is 7.25. The van der Waals surface area contributed by atoms with Gasteiger partial charge in [-0.15, -0.1) is 0 Å². The van der Waals surface area contributed by atoms with Gasteiger partial charge in [-0.3, -0.25) is 18.9 Å². The van der Waals surface area contributed by atoms with E-state index in [0.29, 0.717) is 17.4 Å². The van der Waals surface area contributed by atoms with Crippen molar-refractivity contribution in [1.29, 1.82) is 0 Å². The minimum absolute atomic E-state index is 0.0450. The lowest BCUT2D eigenvalue weighted by Gasteiger charge is -2.36. The molecule has 0 radical (unpaired) electrons. The van der Waals surface area contributed by atoms with Crippen LogP contribution >= 0.6 is 7.82 Å². The first-order valence-electron chi connectivity index (χ1n) is 16.8. The zero-order chi connectivity index (χ0) is 40.9. The number of aromatic amines is 1. The maximum atomic E-state index is 15.4. The molecule has 21 nitrogen and oxygen atoms in total. The van der Waals surface area contributed by atoms with Gasteiger partial charge in [0.25, 0.3) is 5.56 Å². The molecule has 0 aliphatic carbocycles. The largest absolute Gasteiger partial charge is 0.510 e. The molecular formula is C31H49FN3O18P. The summed E-state index contributed by atoms with van der Waals surface area (Å²) >= 11 is 0. The van der Waals surface area contributed by atoms with Crippen molar-refractivity contribution in [1.82, 2.24) is 14.9 Å². The van der Waals surface area contributed by atoms with Crippen molar-refractivity contribution >= 4 is 32.2 Å². The van der Waals surface area contributed by atoms with Crippen LogP contribution in [-0.4, -0.2) is 108 Å². The highest BCUT2D eigenvalue weighted by molar-refractivity contribution is 7.48. The summed E-state index contributed by atoms with van der Waals surface area (Å²) in [6.45, 7) is 6.79. The number of rotatable bonds is 20. The molecule has 1 aromatic heterocycles. The average molecular weight is 802 g/mol. The van der Waals surface area contributed by atoms with Gasteiger partial charge in [-0.2, -0.15) is 0 Å². The van der Waals surface area contributed by atoms with Gasteiger partial charge in [-0.25, -0.2) is 42.0 Å². The van der Waals surface area contributed by atoms with Crippen LogP contribution in [0.25, 0.3) is 0 Å². The number of phosphoric ester groups is 1. The molecular weight excluding hydrogens is 752 g/mol. The number of aliphatic hydroxyl groups is 1. The molecule has 2 heterocycles. The minimum atomic E-state index is -5.11. The standard InChI is InChI=1S/C31H49FN3O18P/c1-9-10-13-44-27(39)34-22(18(2)3)23(37)52-24-30(8,42)25(35-12-11-21(36)33-26(35)38)53-31(24,14-32)15-47-54(43,48-16-45-28(40)50-19(4)5)49-17-46-29(41)51-20(6)7/h11-12,18-20,22,24-25,42H,9-10,13-17H2,1-8H3,(H,34,39)(H,33,36,38)/t22?,24-,25+,30+,31+/m0/s1. The quantitative estimate of drug-likeness (QED) is 0.0562. The summed E-state index contributed by atoms with van der Waals surface area (Å²) in [6, 6.07) is -0.549. The predicted octanol–water partition coefficient (Wildman–Crippen LogP) is 3.18. The molecule has 3 N–H and O–H groups in total. The fraction of sp³-hybridized carbons (Fsp3) is 0.742. The maximum absolute atomic E-state index is 15.4. The Balaban J connectivity index is 2.52. The number of halogens is 1. The van der Waals surface area contributed by atoms with E-state index < -0.39 is 118 Å². The van der Waals surface area contributed by atoms with Gasteiger partial charge >= 0.3 is 37.9 Å². The molecule has 1 saturated heterocycles. The van der Waals surface area contributed by atoms with Crippen LogP contribution in [0.3, 0.4) is 0 Å². The topological polar surface area (TPSA) is 265 Å². The molecule has 54 heavy (non-hydrogen) atoms. The van der Waals surface area contributed by atoms with Gasteiger partial charge in [0.2, 0.25) is 13.6 Å². The van der Waals surface area contributed by atoms with E-state index in [4.69, 9.17) is 46.7 Å². The lowest BCUT2D eigenvalue weighted by atomic mass is 9.88. The predicted molar refractivity (Wildman–Crippen MR) is 180 cm³/mol. The van der Waals surface area contributed by atoms with Crippen molar-refractivity contribution in [3.63, 3.8) is 0 Å². The van der Waals surface area contributed by atoms with E-state index in [2.05, 4.69) is 5.32 Å². The van der Waals surface area contributed by atoms with E-state index in [1.807, 2.05) is 11.9 Å². The van der Waals surface area contributed by atoms with E-state index in [9.17, 15) is 38.4 Å². The molecule has 0 saturated carbocycles. The number of aromatic nitrogens is 2. The maximum Gasteiger partial charge on any atom is 0.510 e. The third kappa shape index (κ3) is 13.3. The van der Waals surface area contributed by atoms with Gasteiger partial charge in [0.05, 0.1) is 25.4 Å². The molecule has 0 bridgehead atoms. The number of esters is 1. The Kier molecular flexibility index (Phi) is 17.5. The van der Waals surface area contributed by atoms with Crippen LogP contribution in [0, 0.1) is 5.92 Å². The summed E-state index contributed by atoms with van der Waals surface area (Å²) < 4.78 is 80.8. The lowest BCUT2D eigenvalue weighted by molar-refractivity contribution is -0.178. The molecule has 23 heteroatoms. The SMILES string of the molecule is CCCCOC(=O)NC(C(=O)O[C@@H]1[C@@](CF)(COP(=O)(OCOC(=O)OC(C)C)OCOC(=O)OC(C)C)O[C@@H](n2ccc(=O)[nH]c2=O)[C@]1(C)O)C(C)C. The molecule has 5 atom stereocenters. The molecule has 1 aliphatic rings. The zero-order valence-corrected chi connectivity index (χ0v) is 32.1. The van der Waals surface area contributed by atoms with E-state index in [0.717, 1.165) is 19.2 Å². The van der Waals surface area contributed by atoms with Crippen LogP contribution in [0.4, 0.5) is 18.8 Å². The number of nitrogens with one attached hydrogen (secondary N) is 2. The van der Waals surface area contributed by atoms with E-state index in [1.165, 1.54) is 27.7 Å². The summed E-state index contributed by atoms with van der Waals surface area (Å²) in [7, 11) is -5.11. The Morgan fingerprint density at radius 2 is 1.57 bits per heavy atom. The number of phosphoric acid groups is 1. The van der Waals surface area contributed by atoms with Crippen LogP contribution in [0.5, 0.6) is 0 Å². The molecule has 1 aromatic rings. The molecule has 308 valence electrons. The van der Waals surface area contributed by atoms with Crippen molar-refractivity contribution in [2.45, 2.75) is 110 Å². The normalized spacial score (nSPS) is 21.8. The van der Waals surface area contributed by atoms with E-state index in [1.54, 1.807) is 13.8 Å². The number of amides is 1. The van der Waals surface area contributed by atoms with Crippen LogP contribution in [0.2, 0.25) is 0 Å². The number of alkyl halides is 1. The van der Waals surface area contributed by atoms with Gasteiger partial charge in [-0.1, -0.05) is 27.2 Å². The number of carbonyl (C=O) groups is 4. The van der Waals surface area contributed by atoms with Gasteiger partial charge in [0.1, 0.15) is 18.3 Å². The van der Waals surface area contributed by atoms with E-state index in [-0.39, 0.29) is 6.61 Å². The second-order valence-electron chi connectivity index (χ2n) is 12.9. The fourth-order valence-corrected chi connectivity index (χ4v) is 5.65. The summed E-state index contributed by atoms with van der Waals surface area (Å²) in [6.07, 6.45) is -6.62. The monoisotopic (exact) mass is 801 g/mol. The van der Waals surface area contributed by atoms with Crippen LogP contribution < -0.4 is 16.6 Å². The molecule has 1 aliphatic heterocycles. The second kappa shape index (κ2) is 20.6. The fourth-order valence-electron chi connectivity index (χ4n) is 4.69. The van der Waals surface area contributed by atoms with Crippen molar-refractivity contribution in [3.8, 4) is 0 Å². The summed E-state index contributed by atoms with van der Waals surface area (Å²) in [5, 5.41) is 14.2. The number of unbranched alkanes of at least 4 members (excludes halogenated alkanes) is 1. The summed E-state index contributed by atoms with van der Waals surface area (Å²) in [5.41, 5.74) is -7.17. The van der Waals surface area contributed by atoms with Gasteiger partial charge in [0, 0.05) is 12.3 Å². The molecule has 0 aromatic carbocycles. The number of hydrogen-bond donors (Lipinski definition) is 3. The average Bonchev–Trinajstić information content (AvgIpc) is 3.27. The second-order valence-corrected chi connectivity index (χ2v) is 14.6. The number of H-pyrrole nitrogens is 1. The third-order valence-corrected chi connectivity index (χ3v) is 8.54. The number of nitrogens with zero attached hydrogens (tertiary/aromatic N) is 1. The molecule has 1 unspecified atom stereocenters. The van der Waals surface area contributed by atoms with Gasteiger partial charge < -0.3 is 43.6 Å². The highest BCUT2D eigenvalue weighted by atomic mass is 31.2. The number of ether oxygens (including phenoxy) is 7. The number of carbonyl (C=O) groups excluding carboxylic acids is 4. The first-order chi connectivity index (χ1) is 25.2. The van der Waals surface area contributed by atoms with Crippen LogP contribution in [-0.2, 0) is 56.1 Å². The number of alkyl carbamates (subject to hydrolysis) is 1. The lowest BCUT2D eigenvalue weighted by Crippen LogP contribution is -2.57. The Morgan fingerprint density at radius 3 is 2.06 bits per heavy atom. The zero-order valence-electron chi connectivity index (χ0n) is 31.2. The molecule has 2 rings (SSSR count). The highest BCUT2D eigenvalue weighted by Crippen LogP contribution is 2.53. The van der Waals surface area contributed by atoms with Crippen molar-refractivity contribution < 1.29 is 80.0 Å². The Labute approximate surface area is 309 Å². The van der Waals surface area contributed by atoms with Crippen molar-refractivity contribution in [3.05, 3.63) is 33.1 Å². The molecule has 0 spiro atoms. The van der Waals surface area contributed by atoms with Gasteiger partial charge in [0.15, 0.2) is 17.9 Å². The van der Waals surface area contributed by atoms with Crippen molar-refractivity contribution in [2.75, 3.05) is 33.5 Å². The summed E-state index contributed by atoms with van der Waals surface area (Å²) in [5.74, 6) is -1.88. The van der Waals surface area contributed by atoms with Gasteiger partial charge in [-0.05, 0) is 47.0 Å². The number of hydrogen-bond acceptors (Lipinski definition) is 18. The Bertz CT molecular complexity index is 1550. The van der Waals surface area contributed by atoms with Crippen LogP contribution in [0.1, 0.15) is 74.5 Å². The van der Waals surface area contributed by atoms with Crippen LogP contribution in [0.15, 0.2) is 21.9 Å². The molecule has 1 amide bonds.